The molecule has 0 spiro atoms. The molecular weight excluding hydrogens is 355 g/mol. The number of fused-ring (bicyclic) bond motifs is 1. The fourth-order valence-electron chi connectivity index (χ4n) is 3.98. The van der Waals surface area contributed by atoms with Gasteiger partial charge in [0.2, 0.25) is 0 Å². The SMILES string of the molecule is CC(C)N(C(=O)c1ccc(-n2cccn2)c(F)c1)C1CCCc2cccnc21. The van der Waals surface area contributed by atoms with Crippen molar-refractivity contribution in [3.05, 3.63) is 77.6 Å². The van der Waals surface area contributed by atoms with Gasteiger partial charge in [-0.05, 0) is 69.0 Å². The lowest BCUT2D eigenvalue weighted by Crippen LogP contribution is -2.41. The van der Waals surface area contributed by atoms with Crippen molar-refractivity contribution in [2.45, 2.75) is 45.2 Å². The molecule has 1 unspecified atom stereocenters. The van der Waals surface area contributed by atoms with Crippen molar-refractivity contribution in [3.63, 3.8) is 0 Å². The van der Waals surface area contributed by atoms with Gasteiger partial charge in [-0.2, -0.15) is 5.10 Å². The maximum absolute atomic E-state index is 14.7. The molecule has 1 aliphatic carbocycles. The summed E-state index contributed by atoms with van der Waals surface area (Å²) in [5, 5.41) is 4.06. The summed E-state index contributed by atoms with van der Waals surface area (Å²) in [6.07, 6.45) is 7.89. The van der Waals surface area contributed by atoms with E-state index in [9.17, 15) is 9.18 Å². The highest BCUT2D eigenvalue weighted by atomic mass is 19.1. The Morgan fingerprint density at radius 2 is 2.11 bits per heavy atom. The molecule has 0 saturated carbocycles. The maximum Gasteiger partial charge on any atom is 0.254 e. The van der Waals surface area contributed by atoms with E-state index in [-0.39, 0.29) is 18.0 Å². The number of amides is 1. The molecule has 1 atom stereocenters. The molecule has 144 valence electrons. The van der Waals surface area contributed by atoms with E-state index in [0.29, 0.717) is 11.3 Å². The van der Waals surface area contributed by atoms with Gasteiger partial charge in [0.25, 0.3) is 5.91 Å². The minimum absolute atomic E-state index is 0.0284. The van der Waals surface area contributed by atoms with E-state index in [4.69, 9.17) is 0 Å². The van der Waals surface area contributed by atoms with Gasteiger partial charge in [-0.1, -0.05) is 6.07 Å². The Morgan fingerprint density at radius 3 is 2.82 bits per heavy atom. The molecule has 0 fully saturated rings. The molecule has 2 heterocycles. The van der Waals surface area contributed by atoms with Crippen molar-refractivity contribution in [3.8, 4) is 5.69 Å². The molecule has 28 heavy (non-hydrogen) atoms. The standard InChI is InChI=1S/C22H23FN4O/c1-15(2)27(20-8-3-6-16-7-4-11-24-21(16)20)22(28)17-9-10-19(18(23)14-17)26-13-5-12-25-26/h4-5,7,9-15,20H,3,6,8H2,1-2H3. The van der Waals surface area contributed by atoms with Gasteiger partial charge in [0, 0.05) is 30.2 Å². The first-order chi connectivity index (χ1) is 13.6. The van der Waals surface area contributed by atoms with Crippen molar-refractivity contribution in [2.75, 3.05) is 0 Å². The van der Waals surface area contributed by atoms with Crippen LogP contribution in [0, 0.1) is 5.82 Å². The second-order valence-electron chi connectivity index (χ2n) is 7.38. The van der Waals surface area contributed by atoms with Crippen LogP contribution in [0.4, 0.5) is 4.39 Å². The topological polar surface area (TPSA) is 51.0 Å². The van der Waals surface area contributed by atoms with Crippen LogP contribution in [0.2, 0.25) is 0 Å². The summed E-state index contributed by atoms with van der Waals surface area (Å²) < 4.78 is 16.1. The number of carbonyl (C=O) groups is 1. The third-order valence-corrected chi connectivity index (χ3v) is 5.24. The average molecular weight is 378 g/mol. The number of hydrogen-bond acceptors (Lipinski definition) is 3. The van der Waals surface area contributed by atoms with E-state index in [1.54, 1.807) is 36.8 Å². The zero-order chi connectivity index (χ0) is 19.7. The third-order valence-electron chi connectivity index (χ3n) is 5.24. The summed E-state index contributed by atoms with van der Waals surface area (Å²) in [5.41, 5.74) is 2.81. The Morgan fingerprint density at radius 1 is 1.25 bits per heavy atom. The van der Waals surface area contributed by atoms with Gasteiger partial charge in [0.05, 0.1) is 11.7 Å². The van der Waals surface area contributed by atoms with Crippen molar-refractivity contribution < 1.29 is 9.18 Å². The second-order valence-corrected chi connectivity index (χ2v) is 7.38. The number of benzene rings is 1. The van der Waals surface area contributed by atoms with Crippen LogP contribution < -0.4 is 0 Å². The zero-order valence-corrected chi connectivity index (χ0v) is 16.0. The molecule has 0 N–H and O–H groups in total. The lowest BCUT2D eigenvalue weighted by Gasteiger charge is -2.38. The molecule has 3 aromatic rings. The Labute approximate surface area is 163 Å². The maximum atomic E-state index is 14.7. The van der Waals surface area contributed by atoms with Gasteiger partial charge in [0.15, 0.2) is 0 Å². The number of halogens is 1. The number of aromatic nitrogens is 3. The summed E-state index contributed by atoms with van der Waals surface area (Å²) in [6, 6.07) is 10.2. The number of pyridine rings is 1. The van der Waals surface area contributed by atoms with Crippen molar-refractivity contribution in [1.29, 1.82) is 0 Å². The summed E-state index contributed by atoms with van der Waals surface area (Å²) in [6.45, 7) is 3.98. The van der Waals surface area contributed by atoms with Crippen LogP contribution in [-0.4, -0.2) is 31.6 Å². The molecule has 5 nitrogen and oxygen atoms in total. The normalized spacial score (nSPS) is 16.1. The van der Waals surface area contributed by atoms with Crippen molar-refractivity contribution in [1.82, 2.24) is 19.7 Å². The minimum Gasteiger partial charge on any atom is -0.328 e. The molecule has 0 saturated heterocycles. The number of carbonyl (C=O) groups excluding carboxylic acids is 1. The fourth-order valence-corrected chi connectivity index (χ4v) is 3.98. The first-order valence-electron chi connectivity index (χ1n) is 9.62. The van der Waals surface area contributed by atoms with E-state index in [2.05, 4.69) is 16.1 Å². The van der Waals surface area contributed by atoms with Gasteiger partial charge >= 0.3 is 0 Å². The lowest BCUT2D eigenvalue weighted by atomic mass is 9.89. The molecule has 1 aliphatic rings. The number of rotatable bonds is 4. The second kappa shape index (κ2) is 7.54. The first-order valence-corrected chi connectivity index (χ1v) is 9.62. The molecule has 2 aromatic heterocycles. The summed E-state index contributed by atoms with van der Waals surface area (Å²) >= 11 is 0. The number of hydrogen-bond donors (Lipinski definition) is 0. The predicted octanol–water partition coefficient (Wildman–Crippen LogP) is 4.33. The van der Waals surface area contributed by atoms with E-state index in [0.717, 1.165) is 25.0 Å². The van der Waals surface area contributed by atoms with Crippen LogP contribution in [0.3, 0.4) is 0 Å². The van der Waals surface area contributed by atoms with Crippen LogP contribution in [0.5, 0.6) is 0 Å². The molecule has 4 rings (SSSR count). The minimum atomic E-state index is -0.472. The van der Waals surface area contributed by atoms with Gasteiger partial charge in [-0.25, -0.2) is 9.07 Å². The Balaban J connectivity index is 1.68. The zero-order valence-electron chi connectivity index (χ0n) is 16.0. The van der Waals surface area contributed by atoms with Crippen LogP contribution >= 0.6 is 0 Å². The molecule has 0 aliphatic heterocycles. The Hall–Kier alpha value is -3.02. The molecular formula is C22H23FN4O. The van der Waals surface area contributed by atoms with E-state index in [1.807, 2.05) is 24.8 Å². The third kappa shape index (κ3) is 3.30. The molecule has 1 aromatic carbocycles. The smallest absolute Gasteiger partial charge is 0.254 e. The monoisotopic (exact) mass is 378 g/mol. The first kappa shape index (κ1) is 18.3. The van der Waals surface area contributed by atoms with Crippen molar-refractivity contribution in [2.24, 2.45) is 0 Å². The molecule has 0 bridgehead atoms. The van der Waals surface area contributed by atoms with E-state index >= 15 is 0 Å². The van der Waals surface area contributed by atoms with Gasteiger partial charge < -0.3 is 4.90 Å². The van der Waals surface area contributed by atoms with Gasteiger partial charge in [-0.15, -0.1) is 0 Å². The number of nitrogens with zero attached hydrogens (tertiary/aromatic N) is 4. The van der Waals surface area contributed by atoms with Crippen LogP contribution in [0.25, 0.3) is 5.69 Å². The lowest BCUT2D eigenvalue weighted by molar-refractivity contribution is 0.0576. The van der Waals surface area contributed by atoms with Crippen LogP contribution in [0.1, 0.15) is 54.3 Å². The predicted molar refractivity (Wildman–Crippen MR) is 105 cm³/mol. The Kier molecular flexibility index (Phi) is 4.94. The quantitative estimate of drug-likeness (QED) is 0.679. The van der Waals surface area contributed by atoms with Crippen molar-refractivity contribution >= 4 is 5.91 Å². The summed E-state index contributed by atoms with van der Waals surface area (Å²) in [5.74, 6) is -0.648. The highest BCUT2D eigenvalue weighted by Crippen LogP contribution is 2.35. The van der Waals surface area contributed by atoms with E-state index < -0.39 is 5.82 Å². The molecule has 6 heteroatoms. The number of aryl methyl sites for hydroxylation is 1. The van der Waals surface area contributed by atoms with Gasteiger partial charge in [0.1, 0.15) is 11.5 Å². The highest BCUT2D eigenvalue weighted by molar-refractivity contribution is 5.95. The van der Waals surface area contributed by atoms with E-state index in [1.165, 1.54) is 16.3 Å². The molecule has 1 amide bonds. The van der Waals surface area contributed by atoms with Crippen LogP contribution in [-0.2, 0) is 6.42 Å². The summed E-state index contributed by atoms with van der Waals surface area (Å²) in [4.78, 5) is 19.8. The Bertz CT molecular complexity index is 984. The van der Waals surface area contributed by atoms with Gasteiger partial charge in [-0.3, -0.25) is 9.78 Å². The fraction of sp³-hybridized carbons (Fsp3) is 0.318. The van der Waals surface area contributed by atoms with Crippen LogP contribution in [0.15, 0.2) is 55.0 Å². The average Bonchev–Trinajstić information content (AvgIpc) is 3.22. The molecule has 0 radical (unpaired) electrons. The highest BCUT2D eigenvalue weighted by Gasteiger charge is 2.32. The largest absolute Gasteiger partial charge is 0.328 e. The summed E-state index contributed by atoms with van der Waals surface area (Å²) in [7, 11) is 0.